The van der Waals surface area contributed by atoms with Gasteiger partial charge in [0.2, 0.25) is 5.91 Å². The predicted octanol–water partition coefficient (Wildman–Crippen LogP) is 4.73. The molecule has 1 aromatic carbocycles. The quantitative estimate of drug-likeness (QED) is 0.253. The highest BCUT2D eigenvalue weighted by Crippen LogP contribution is 2.39. The van der Waals surface area contributed by atoms with Crippen molar-refractivity contribution in [1.29, 1.82) is 0 Å². The fourth-order valence-electron chi connectivity index (χ4n) is 4.41. The predicted molar refractivity (Wildman–Crippen MR) is 138 cm³/mol. The Morgan fingerprint density at radius 3 is 2.82 bits per heavy atom. The molecule has 0 unspecified atom stereocenters. The van der Waals surface area contributed by atoms with Gasteiger partial charge in [0, 0.05) is 23.5 Å². The number of allylic oxidation sites excluding steroid dienone is 1. The highest BCUT2D eigenvalue weighted by Gasteiger charge is 2.32. The van der Waals surface area contributed by atoms with Gasteiger partial charge in [-0.15, -0.1) is 17.9 Å². The number of thiophene rings is 1. The van der Waals surface area contributed by atoms with E-state index in [1.165, 1.54) is 23.1 Å². The molecule has 0 bridgehead atoms. The Balaban J connectivity index is 1.60. The molecular weight excluding hydrogens is 470 g/mol. The first kappa shape index (κ1) is 24.3. The zero-order valence-corrected chi connectivity index (χ0v) is 21.6. The van der Waals surface area contributed by atoms with Gasteiger partial charge in [0.05, 0.1) is 31.4 Å². The average molecular weight is 500 g/mol. The van der Waals surface area contributed by atoms with Crippen LogP contribution in [0.5, 0.6) is 11.5 Å². The van der Waals surface area contributed by atoms with Crippen molar-refractivity contribution in [1.82, 2.24) is 14.5 Å². The molecule has 1 fully saturated rings. The van der Waals surface area contributed by atoms with E-state index in [1.54, 1.807) is 24.9 Å². The minimum atomic E-state index is -0.0816. The standard InChI is InChI=1S/C25H29N3O4S2/c1-6-11-28-24(30)22-15(2)16(3)34-23(22)26-25(28)33-14-21(29)27-12-7-8-19(27)18-13-17(31-4)9-10-20(18)32-5/h6,9-10,13,19H,1,7-8,11-12,14H2,2-5H3/t19-/m1/s1. The van der Waals surface area contributed by atoms with Crippen LogP contribution in [0.3, 0.4) is 0 Å². The fraction of sp³-hybridized carbons (Fsp3) is 0.400. The zero-order chi connectivity index (χ0) is 24.4. The molecular formula is C25H29N3O4S2. The van der Waals surface area contributed by atoms with Gasteiger partial charge in [-0.25, -0.2) is 4.98 Å². The molecule has 34 heavy (non-hydrogen) atoms. The molecule has 4 rings (SSSR count). The lowest BCUT2D eigenvalue weighted by molar-refractivity contribution is -0.129. The van der Waals surface area contributed by atoms with E-state index in [9.17, 15) is 9.59 Å². The van der Waals surface area contributed by atoms with Crippen LogP contribution in [-0.2, 0) is 11.3 Å². The fourth-order valence-corrected chi connectivity index (χ4v) is 6.37. The molecule has 0 aliphatic carbocycles. The molecule has 1 amide bonds. The summed E-state index contributed by atoms with van der Waals surface area (Å²) in [6.45, 7) is 8.76. The second-order valence-corrected chi connectivity index (χ2v) is 10.3. The van der Waals surface area contributed by atoms with Gasteiger partial charge in [-0.05, 0) is 50.5 Å². The number of likely N-dealkylation sites (tertiary alicyclic amines) is 1. The van der Waals surface area contributed by atoms with Gasteiger partial charge in [-0.2, -0.15) is 0 Å². The van der Waals surface area contributed by atoms with E-state index in [-0.39, 0.29) is 23.3 Å². The molecule has 180 valence electrons. The number of fused-ring (bicyclic) bond motifs is 1. The minimum absolute atomic E-state index is 0.00964. The van der Waals surface area contributed by atoms with Gasteiger partial charge >= 0.3 is 0 Å². The molecule has 3 heterocycles. The summed E-state index contributed by atoms with van der Waals surface area (Å²) >= 11 is 2.82. The lowest BCUT2D eigenvalue weighted by Crippen LogP contribution is -2.32. The Hall–Kier alpha value is -2.78. The van der Waals surface area contributed by atoms with Crippen molar-refractivity contribution >= 4 is 39.2 Å². The number of carbonyl (C=O) groups is 1. The third-order valence-corrected chi connectivity index (χ3v) is 8.32. The van der Waals surface area contributed by atoms with Gasteiger partial charge in [-0.1, -0.05) is 17.8 Å². The summed E-state index contributed by atoms with van der Waals surface area (Å²) in [7, 11) is 3.26. The molecule has 1 aliphatic rings. The van der Waals surface area contributed by atoms with E-state index >= 15 is 0 Å². The van der Waals surface area contributed by atoms with E-state index in [4.69, 9.17) is 14.5 Å². The molecule has 3 aromatic rings. The molecule has 0 radical (unpaired) electrons. The van der Waals surface area contributed by atoms with Crippen molar-refractivity contribution in [2.75, 3.05) is 26.5 Å². The first-order chi connectivity index (χ1) is 16.4. The summed E-state index contributed by atoms with van der Waals surface area (Å²) in [5.74, 6) is 1.68. The van der Waals surface area contributed by atoms with Gasteiger partial charge < -0.3 is 14.4 Å². The number of amides is 1. The number of rotatable bonds is 8. The van der Waals surface area contributed by atoms with Crippen molar-refractivity contribution in [3.05, 3.63) is 57.2 Å². The first-order valence-corrected chi connectivity index (χ1v) is 12.9. The van der Waals surface area contributed by atoms with E-state index in [0.29, 0.717) is 23.6 Å². The lowest BCUT2D eigenvalue weighted by atomic mass is 10.0. The Morgan fingerprint density at radius 1 is 1.32 bits per heavy atom. The second-order valence-electron chi connectivity index (χ2n) is 8.20. The number of benzene rings is 1. The van der Waals surface area contributed by atoms with E-state index in [1.807, 2.05) is 36.9 Å². The Labute approximate surface area is 207 Å². The third kappa shape index (κ3) is 4.46. The van der Waals surface area contributed by atoms with Crippen LogP contribution in [-0.4, -0.2) is 46.9 Å². The molecule has 0 N–H and O–H groups in total. The monoisotopic (exact) mass is 499 g/mol. The number of methoxy groups -OCH3 is 2. The Bertz CT molecular complexity index is 1300. The van der Waals surface area contributed by atoms with E-state index in [0.717, 1.165) is 45.2 Å². The van der Waals surface area contributed by atoms with Crippen LogP contribution < -0.4 is 15.0 Å². The summed E-state index contributed by atoms with van der Waals surface area (Å²) in [5, 5.41) is 1.20. The van der Waals surface area contributed by atoms with Crippen molar-refractivity contribution in [3.63, 3.8) is 0 Å². The second kappa shape index (κ2) is 10.2. The summed E-state index contributed by atoms with van der Waals surface area (Å²) in [6.07, 6.45) is 3.46. The summed E-state index contributed by atoms with van der Waals surface area (Å²) in [6, 6.07) is 5.60. The highest BCUT2D eigenvalue weighted by atomic mass is 32.2. The van der Waals surface area contributed by atoms with Crippen molar-refractivity contribution < 1.29 is 14.3 Å². The number of hydrogen-bond donors (Lipinski definition) is 0. The number of aromatic nitrogens is 2. The number of ether oxygens (including phenoxy) is 2. The maximum Gasteiger partial charge on any atom is 0.263 e. The molecule has 1 aliphatic heterocycles. The van der Waals surface area contributed by atoms with Crippen molar-refractivity contribution in [3.8, 4) is 11.5 Å². The van der Waals surface area contributed by atoms with E-state index < -0.39 is 0 Å². The number of aryl methyl sites for hydroxylation is 2. The Morgan fingerprint density at radius 2 is 2.12 bits per heavy atom. The highest BCUT2D eigenvalue weighted by molar-refractivity contribution is 7.99. The topological polar surface area (TPSA) is 73.7 Å². The van der Waals surface area contributed by atoms with Crippen LogP contribution in [0.4, 0.5) is 0 Å². The van der Waals surface area contributed by atoms with Gasteiger partial charge in [0.25, 0.3) is 5.56 Å². The zero-order valence-electron chi connectivity index (χ0n) is 19.9. The van der Waals surface area contributed by atoms with Crippen LogP contribution in [0, 0.1) is 13.8 Å². The summed E-state index contributed by atoms with van der Waals surface area (Å²) in [5.41, 5.74) is 1.84. The third-order valence-electron chi connectivity index (χ3n) is 6.26. The summed E-state index contributed by atoms with van der Waals surface area (Å²) in [4.78, 5) is 35.0. The largest absolute Gasteiger partial charge is 0.497 e. The van der Waals surface area contributed by atoms with Gasteiger partial charge in [-0.3, -0.25) is 14.2 Å². The number of hydrogen-bond acceptors (Lipinski definition) is 7. The van der Waals surface area contributed by atoms with Crippen molar-refractivity contribution in [2.24, 2.45) is 0 Å². The smallest absolute Gasteiger partial charge is 0.263 e. The molecule has 2 aromatic heterocycles. The van der Waals surface area contributed by atoms with Crippen LogP contribution in [0.2, 0.25) is 0 Å². The van der Waals surface area contributed by atoms with Crippen LogP contribution >= 0.6 is 23.1 Å². The molecule has 0 saturated carbocycles. The van der Waals surface area contributed by atoms with Crippen LogP contribution in [0.15, 0.2) is 40.8 Å². The van der Waals surface area contributed by atoms with Gasteiger partial charge in [0.15, 0.2) is 5.16 Å². The molecule has 1 atom stereocenters. The Kier molecular flexibility index (Phi) is 7.33. The normalized spacial score (nSPS) is 15.6. The van der Waals surface area contributed by atoms with Crippen LogP contribution in [0.25, 0.3) is 10.2 Å². The van der Waals surface area contributed by atoms with E-state index in [2.05, 4.69) is 6.58 Å². The number of thioether (sulfide) groups is 1. The minimum Gasteiger partial charge on any atom is -0.497 e. The number of carbonyl (C=O) groups excluding carboxylic acids is 1. The van der Waals surface area contributed by atoms with Gasteiger partial charge in [0.1, 0.15) is 16.3 Å². The van der Waals surface area contributed by atoms with Crippen LogP contribution in [0.1, 0.15) is 34.9 Å². The summed E-state index contributed by atoms with van der Waals surface area (Å²) < 4.78 is 12.6. The number of nitrogens with zero attached hydrogens (tertiary/aromatic N) is 3. The molecule has 9 heteroatoms. The first-order valence-electron chi connectivity index (χ1n) is 11.1. The molecule has 1 saturated heterocycles. The molecule has 7 nitrogen and oxygen atoms in total. The molecule has 0 spiro atoms. The lowest BCUT2D eigenvalue weighted by Gasteiger charge is -2.26. The maximum absolute atomic E-state index is 13.3. The SMILES string of the molecule is C=CCn1c(SCC(=O)N2CCC[C@@H]2c2cc(OC)ccc2OC)nc2sc(C)c(C)c2c1=O. The average Bonchev–Trinajstić information content (AvgIpc) is 3.44. The maximum atomic E-state index is 13.3. The van der Waals surface area contributed by atoms with Crippen molar-refractivity contribution in [2.45, 2.75) is 44.4 Å².